The molecule has 2 rings (SSSR count). The first-order valence-corrected chi connectivity index (χ1v) is 6.52. The molecule has 0 saturated heterocycles. The van der Waals surface area contributed by atoms with E-state index in [1.54, 1.807) is 7.11 Å². The normalized spacial score (nSPS) is 10.3. The van der Waals surface area contributed by atoms with Crippen molar-refractivity contribution < 1.29 is 19.7 Å². The van der Waals surface area contributed by atoms with Gasteiger partial charge in [0.1, 0.15) is 0 Å². The van der Waals surface area contributed by atoms with E-state index in [-0.39, 0.29) is 23.0 Å². The van der Waals surface area contributed by atoms with Crippen molar-refractivity contribution in [2.45, 2.75) is 6.42 Å². The van der Waals surface area contributed by atoms with Gasteiger partial charge in [-0.2, -0.15) is 0 Å². The Bertz CT molecular complexity index is 640. The molecule has 1 amide bonds. The van der Waals surface area contributed by atoms with E-state index in [0.29, 0.717) is 18.7 Å². The van der Waals surface area contributed by atoms with Gasteiger partial charge in [-0.25, -0.2) is 0 Å². The fourth-order valence-corrected chi connectivity index (χ4v) is 1.93. The van der Waals surface area contributed by atoms with Gasteiger partial charge in [-0.3, -0.25) is 4.79 Å². The maximum absolute atomic E-state index is 12.2. The molecule has 0 spiro atoms. The number of anilines is 1. The monoisotopic (exact) mass is 287 g/mol. The van der Waals surface area contributed by atoms with Gasteiger partial charge in [0.15, 0.2) is 11.5 Å². The first-order valence-electron chi connectivity index (χ1n) is 6.52. The maximum Gasteiger partial charge on any atom is 0.255 e. The minimum Gasteiger partial charge on any atom is -0.504 e. The number of phenolic OH excluding ortho intramolecular Hbond substituents is 2. The third-order valence-electron chi connectivity index (χ3n) is 3.08. The molecular weight excluding hydrogens is 270 g/mol. The fraction of sp³-hybridized carbons (Fsp3) is 0.188. The molecule has 5 nitrogen and oxygen atoms in total. The molecular formula is C16H17NO4. The molecule has 0 aliphatic heterocycles. The number of carbonyl (C=O) groups excluding carboxylic acids is 1. The van der Waals surface area contributed by atoms with Crippen LogP contribution >= 0.6 is 0 Å². The molecule has 0 aliphatic carbocycles. The minimum absolute atomic E-state index is 0.257. The van der Waals surface area contributed by atoms with Crippen molar-refractivity contribution >= 4 is 11.6 Å². The zero-order valence-corrected chi connectivity index (χ0v) is 11.7. The van der Waals surface area contributed by atoms with Crippen LogP contribution in [0.3, 0.4) is 0 Å². The van der Waals surface area contributed by atoms with Crippen LogP contribution in [0, 0.1) is 0 Å². The largest absolute Gasteiger partial charge is 0.504 e. The van der Waals surface area contributed by atoms with Gasteiger partial charge in [0.25, 0.3) is 5.91 Å². The smallest absolute Gasteiger partial charge is 0.255 e. The summed E-state index contributed by atoms with van der Waals surface area (Å²) in [6.45, 7) is 0.562. The summed E-state index contributed by atoms with van der Waals surface area (Å²) in [6, 6.07) is 11.4. The van der Waals surface area contributed by atoms with Crippen LogP contribution in [0.25, 0.3) is 0 Å². The lowest BCUT2D eigenvalue weighted by molar-refractivity contribution is 0.102. The average molecular weight is 287 g/mol. The fourth-order valence-electron chi connectivity index (χ4n) is 1.93. The Balaban J connectivity index is 2.17. The topological polar surface area (TPSA) is 78.8 Å². The van der Waals surface area contributed by atoms with E-state index in [0.717, 1.165) is 5.56 Å². The molecule has 0 bridgehead atoms. The van der Waals surface area contributed by atoms with Crippen molar-refractivity contribution in [1.29, 1.82) is 0 Å². The Hall–Kier alpha value is -2.53. The summed E-state index contributed by atoms with van der Waals surface area (Å²) in [6.07, 6.45) is 0.688. The van der Waals surface area contributed by atoms with Crippen molar-refractivity contribution in [3.63, 3.8) is 0 Å². The lowest BCUT2D eigenvalue weighted by Crippen LogP contribution is -2.13. The Morgan fingerprint density at radius 3 is 2.62 bits per heavy atom. The maximum atomic E-state index is 12.2. The van der Waals surface area contributed by atoms with Crippen LogP contribution < -0.4 is 5.32 Å². The first kappa shape index (κ1) is 14.9. The number of aromatic hydroxyl groups is 2. The third kappa shape index (κ3) is 3.73. The SMILES string of the molecule is COCCc1ccccc1NC(=O)c1ccc(O)c(O)c1. The zero-order valence-electron chi connectivity index (χ0n) is 11.7. The molecule has 0 aromatic heterocycles. The van der Waals surface area contributed by atoms with Gasteiger partial charge >= 0.3 is 0 Å². The number of benzene rings is 2. The van der Waals surface area contributed by atoms with E-state index in [4.69, 9.17) is 4.74 Å². The Labute approximate surface area is 122 Å². The molecule has 0 aliphatic rings. The van der Waals surface area contributed by atoms with Crippen molar-refractivity contribution in [3.8, 4) is 11.5 Å². The molecule has 110 valence electrons. The van der Waals surface area contributed by atoms with Crippen LogP contribution in [0.15, 0.2) is 42.5 Å². The van der Waals surface area contributed by atoms with Crippen LogP contribution in [-0.2, 0) is 11.2 Å². The second-order valence-electron chi connectivity index (χ2n) is 4.56. The van der Waals surface area contributed by atoms with E-state index in [2.05, 4.69) is 5.32 Å². The number of rotatable bonds is 5. The summed E-state index contributed by atoms with van der Waals surface area (Å²) < 4.78 is 5.05. The van der Waals surface area contributed by atoms with Crippen LogP contribution in [0.5, 0.6) is 11.5 Å². The molecule has 0 atom stereocenters. The number of nitrogens with one attached hydrogen (secondary N) is 1. The quantitative estimate of drug-likeness (QED) is 0.738. The molecule has 2 aromatic rings. The molecule has 21 heavy (non-hydrogen) atoms. The van der Waals surface area contributed by atoms with Gasteiger partial charge in [0, 0.05) is 18.4 Å². The van der Waals surface area contributed by atoms with Gasteiger partial charge in [0.2, 0.25) is 0 Å². The summed E-state index contributed by atoms with van der Waals surface area (Å²) in [5, 5.41) is 21.5. The number of methoxy groups -OCH3 is 1. The number of hydrogen-bond acceptors (Lipinski definition) is 4. The minimum atomic E-state index is -0.352. The summed E-state index contributed by atoms with van der Waals surface area (Å²) in [4.78, 5) is 12.2. The van der Waals surface area contributed by atoms with E-state index < -0.39 is 0 Å². The van der Waals surface area contributed by atoms with E-state index in [9.17, 15) is 15.0 Å². The predicted molar refractivity (Wildman–Crippen MR) is 79.7 cm³/mol. The highest BCUT2D eigenvalue weighted by Crippen LogP contribution is 2.25. The Morgan fingerprint density at radius 2 is 1.90 bits per heavy atom. The molecule has 0 unspecified atom stereocenters. The van der Waals surface area contributed by atoms with Crippen LogP contribution in [0.4, 0.5) is 5.69 Å². The Morgan fingerprint density at radius 1 is 1.14 bits per heavy atom. The highest BCUT2D eigenvalue weighted by molar-refractivity contribution is 6.05. The second kappa shape index (κ2) is 6.76. The molecule has 0 fully saturated rings. The Kier molecular flexibility index (Phi) is 4.79. The third-order valence-corrected chi connectivity index (χ3v) is 3.08. The predicted octanol–water partition coefficient (Wildman–Crippen LogP) is 2.54. The number of phenols is 2. The standard InChI is InChI=1S/C16H17NO4/c1-21-9-8-11-4-2-3-5-13(11)17-16(20)12-6-7-14(18)15(19)10-12/h2-7,10,18-19H,8-9H2,1H3,(H,17,20). The average Bonchev–Trinajstić information content (AvgIpc) is 2.49. The van der Waals surface area contributed by atoms with Gasteiger partial charge in [-0.05, 0) is 36.2 Å². The summed E-state index contributed by atoms with van der Waals surface area (Å²) in [7, 11) is 1.63. The van der Waals surface area contributed by atoms with E-state index >= 15 is 0 Å². The van der Waals surface area contributed by atoms with Gasteiger partial charge in [-0.15, -0.1) is 0 Å². The molecule has 0 saturated carbocycles. The van der Waals surface area contributed by atoms with Gasteiger partial charge in [0.05, 0.1) is 6.61 Å². The zero-order chi connectivity index (χ0) is 15.2. The lowest BCUT2D eigenvalue weighted by atomic mass is 10.1. The van der Waals surface area contributed by atoms with Crippen LogP contribution in [0.2, 0.25) is 0 Å². The lowest BCUT2D eigenvalue weighted by Gasteiger charge is -2.11. The number of hydrogen-bond donors (Lipinski definition) is 3. The number of carbonyl (C=O) groups is 1. The summed E-state index contributed by atoms with van der Waals surface area (Å²) in [5.41, 5.74) is 1.94. The van der Waals surface area contributed by atoms with Gasteiger partial charge < -0.3 is 20.3 Å². The summed E-state index contributed by atoms with van der Waals surface area (Å²) >= 11 is 0. The van der Waals surface area contributed by atoms with Crippen LogP contribution in [-0.4, -0.2) is 29.8 Å². The van der Waals surface area contributed by atoms with Gasteiger partial charge in [-0.1, -0.05) is 18.2 Å². The van der Waals surface area contributed by atoms with Crippen molar-refractivity contribution in [2.75, 3.05) is 19.0 Å². The van der Waals surface area contributed by atoms with Crippen LogP contribution in [0.1, 0.15) is 15.9 Å². The van der Waals surface area contributed by atoms with Crippen molar-refractivity contribution in [2.24, 2.45) is 0 Å². The highest BCUT2D eigenvalue weighted by Gasteiger charge is 2.11. The second-order valence-corrected chi connectivity index (χ2v) is 4.56. The number of ether oxygens (including phenoxy) is 1. The molecule has 5 heteroatoms. The first-order chi connectivity index (χ1) is 10.1. The summed E-state index contributed by atoms with van der Waals surface area (Å²) in [5.74, 6) is -0.933. The van der Waals surface area contributed by atoms with E-state index in [1.807, 2.05) is 24.3 Å². The highest BCUT2D eigenvalue weighted by atomic mass is 16.5. The molecule has 3 N–H and O–H groups in total. The van der Waals surface area contributed by atoms with Crippen molar-refractivity contribution in [1.82, 2.24) is 0 Å². The van der Waals surface area contributed by atoms with Crippen molar-refractivity contribution in [3.05, 3.63) is 53.6 Å². The molecule has 0 heterocycles. The number of para-hydroxylation sites is 1. The molecule has 0 radical (unpaired) electrons. The molecule has 2 aromatic carbocycles. The number of amides is 1. The van der Waals surface area contributed by atoms with E-state index in [1.165, 1.54) is 18.2 Å².